The van der Waals surface area contributed by atoms with Crippen molar-refractivity contribution in [1.29, 1.82) is 0 Å². The third-order valence-corrected chi connectivity index (χ3v) is 5.49. The van der Waals surface area contributed by atoms with Crippen LogP contribution in [0.1, 0.15) is 30.5 Å². The molecule has 3 aromatic carbocycles. The number of rotatable bonds is 8. The molecule has 0 unspecified atom stereocenters. The highest BCUT2D eigenvalue weighted by molar-refractivity contribution is 6.32. The van der Waals surface area contributed by atoms with Gasteiger partial charge in [0.05, 0.1) is 30.5 Å². The number of hydrogen-bond donors (Lipinski definition) is 2. The molecule has 0 aliphatic carbocycles. The summed E-state index contributed by atoms with van der Waals surface area (Å²) < 4.78 is 17.2. The molecule has 2 N–H and O–H groups in total. The van der Waals surface area contributed by atoms with E-state index in [4.69, 9.17) is 25.8 Å². The van der Waals surface area contributed by atoms with Gasteiger partial charge in [-0.2, -0.15) is 0 Å². The van der Waals surface area contributed by atoms with Gasteiger partial charge in [0.2, 0.25) is 5.91 Å². The van der Waals surface area contributed by atoms with Crippen molar-refractivity contribution >= 4 is 23.2 Å². The van der Waals surface area contributed by atoms with Gasteiger partial charge in [-0.05, 0) is 42.3 Å². The molecule has 3 aromatic rings. The van der Waals surface area contributed by atoms with Crippen molar-refractivity contribution in [2.24, 2.45) is 0 Å². The number of anilines is 1. The highest BCUT2D eigenvalue weighted by Crippen LogP contribution is 2.38. The monoisotopic (exact) mass is 466 g/mol. The summed E-state index contributed by atoms with van der Waals surface area (Å²) in [5.41, 5.74) is 2.38. The minimum Gasteiger partial charge on any atom is -0.492 e. The Labute approximate surface area is 198 Å². The molecule has 1 aliphatic rings. The largest absolute Gasteiger partial charge is 0.492 e. The number of hydrogen-bond acceptors (Lipinski definition) is 5. The van der Waals surface area contributed by atoms with Crippen molar-refractivity contribution in [3.63, 3.8) is 0 Å². The summed E-state index contributed by atoms with van der Waals surface area (Å²) in [5, 5.41) is 6.87. The highest BCUT2D eigenvalue weighted by Gasteiger charge is 2.22. The Balaban J connectivity index is 1.54. The van der Waals surface area contributed by atoms with Gasteiger partial charge in [-0.1, -0.05) is 54.1 Å². The summed E-state index contributed by atoms with van der Waals surface area (Å²) in [7, 11) is 0. The second-order valence-electron chi connectivity index (χ2n) is 7.60. The number of nitrogens with one attached hydrogen (secondary N) is 2. The van der Waals surface area contributed by atoms with Gasteiger partial charge in [0, 0.05) is 13.0 Å². The van der Waals surface area contributed by atoms with Gasteiger partial charge in [-0.3, -0.25) is 10.1 Å². The smallest absolute Gasteiger partial charge is 0.246 e. The summed E-state index contributed by atoms with van der Waals surface area (Å²) in [5.74, 6) is 1.65. The summed E-state index contributed by atoms with van der Waals surface area (Å²) >= 11 is 6.44. The lowest BCUT2D eigenvalue weighted by Crippen LogP contribution is -2.33. The number of para-hydroxylation sites is 2. The first-order valence-electron chi connectivity index (χ1n) is 11.0. The molecule has 0 spiro atoms. The van der Waals surface area contributed by atoms with Crippen LogP contribution in [0.3, 0.4) is 0 Å². The third kappa shape index (κ3) is 5.78. The average Bonchev–Trinajstić information content (AvgIpc) is 3.07. The zero-order chi connectivity index (χ0) is 23.0. The molecular formula is C26H27ClN2O4. The number of fused-ring (bicyclic) bond motifs is 1. The Kier molecular flexibility index (Phi) is 7.70. The Bertz CT molecular complexity index is 1090. The number of benzene rings is 3. The van der Waals surface area contributed by atoms with Gasteiger partial charge in [0.1, 0.15) is 11.8 Å². The van der Waals surface area contributed by atoms with Crippen LogP contribution >= 0.6 is 11.6 Å². The molecule has 33 heavy (non-hydrogen) atoms. The van der Waals surface area contributed by atoms with Crippen LogP contribution in [0.15, 0.2) is 66.7 Å². The predicted octanol–water partition coefficient (Wildman–Crippen LogP) is 5.37. The first-order valence-corrected chi connectivity index (χ1v) is 11.4. The molecule has 1 amide bonds. The van der Waals surface area contributed by atoms with Crippen LogP contribution in [0.5, 0.6) is 17.2 Å². The minimum atomic E-state index is -0.587. The fraction of sp³-hybridized carbons (Fsp3) is 0.269. The number of carbonyl (C=O) groups excluding carboxylic acids is 1. The van der Waals surface area contributed by atoms with Crippen LogP contribution in [0, 0.1) is 0 Å². The zero-order valence-corrected chi connectivity index (χ0v) is 19.2. The molecular weight excluding hydrogens is 440 g/mol. The number of carbonyl (C=O) groups is 1. The average molecular weight is 467 g/mol. The van der Waals surface area contributed by atoms with E-state index in [1.54, 1.807) is 0 Å². The van der Waals surface area contributed by atoms with Crippen molar-refractivity contribution < 1.29 is 19.0 Å². The molecule has 0 aromatic heterocycles. The number of halogens is 1. The molecule has 1 heterocycles. The lowest BCUT2D eigenvalue weighted by Gasteiger charge is -2.20. The van der Waals surface area contributed by atoms with E-state index in [2.05, 4.69) is 10.6 Å². The van der Waals surface area contributed by atoms with E-state index >= 15 is 0 Å². The van der Waals surface area contributed by atoms with Crippen LogP contribution < -0.4 is 24.8 Å². The second kappa shape index (κ2) is 11.1. The Morgan fingerprint density at radius 3 is 2.64 bits per heavy atom. The van der Waals surface area contributed by atoms with Crippen LogP contribution in [0.25, 0.3) is 0 Å². The number of amides is 1. The molecule has 0 bridgehead atoms. The van der Waals surface area contributed by atoms with Crippen molar-refractivity contribution in [2.75, 3.05) is 25.1 Å². The van der Waals surface area contributed by atoms with E-state index in [-0.39, 0.29) is 5.91 Å². The summed E-state index contributed by atoms with van der Waals surface area (Å²) in [6.07, 6.45) is 0.804. The first kappa shape index (κ1) is 23.0. The lowest BCUT2D eigenvalue weighted by atomic mass is 10.1. The van der Waals surface area contributed by atoms with Crippen LogP contribution in [-0.2, 0) is 11.3 Å². The molecule has 1 atom stereocenters. The van der Waals surface area contributed by atoms with Crippen LogP contribution in [-0.4, -0.2) is 25.7 Å². The standard InChI is InChI=1S/C26H27ClN2O4/c1-2-31-22-12-7-6-11-21(22)29-26(30)24(19-9-4-3-5-10-19)28-17-18-15-20(27)25-23(16-18)32-13-8-14-33-25/h3-7,9-12,15-16,24,28H,2,8,13-14,17H2,1H3,(H,29,30)/t24-/m0/s1. The maximum atomic E-state index is 13.3. The molecule has 4 rings (SSSR count). The molecule has 0 radical (unpaired) electrons. The van der Waals surface area contributed by atoms with Gasteiger partial charge < -0.3 is 19.5 Å². The Morgan fingerprint density at radius 2 is 1.82 bits per heavy atom. The van der Waals surface area contributed by atoms with E-state index < -0.39 is 6.04 Å². The fourth-order valence-corrected chi connectivity index (χ4v) is 3.96. The summed E-state index contributed by atoms with van der Waals surface area (Å²) in [4.78, 5) is 13.3. The fourth-order valence-electron chi connectivity index (χ4n) is 3.67. The molecule has 6 nitrogen and oxygen atoms in total. The Hall–Kier alpha value is -3.22. The van der Waals surface area contributed by atoms with E-state index in [0.717, 1.165) is 17.5 Å². The minimum absolute atomic E-state index is 0.186. The normalized spacial score (nSPS) is 13.6. The van der Waals surface area contributed by atoms with Crippen molar-refractivity contribution in [3.8, 4) is 17.2 Å². The SMILES string of the molecule is CCOc1ccccc1NC(=O)[C@@H](NCc1cc(Cl)c2c(c1)OCCCO2)c1ccccc1. The Morgan fingerprint density at radius 1 is 1.06 bits per heavy atom. The van der Waals surface area contributed by atoms with Crippen molar-refractivity contribution in [2.45, 2.75) is 25.9 Å². The van der Waals surface area contributed by atoms with Gasteiger partial charge in [0.25, 0.3) is 0 Å². The molecule has 172 valence electrons. The topological polar surface area (TPSA) is 68.8 Å². The molecule has 1 aliphatic heterocycles. The molecule has 0 saturated heterocycles. The van der Waals surface area contributed by atoms with E-state index in [9.17, 15) is 4.79 Å². The lowest BCUT2D eigenvalue weighted by molar-refractivity contribution is -0.118. The van der Waals surface area contributed by atoms with Crippen molar-refractivity contribution in [3.05, 3.63) is 82.9 Å². The van der Waals surface area contributed by atoms with E-state index in [1.807, 2.05) is 73.7 Å². The third-order valence-electron chi connectivity index (χ3n) is 5.21. The molecule has 0 saturated carbocycles. The summed E-state index contributed by atoms with van der Waals surface area (Å²) in [6, 6.07) is 20.2. The zero-order valence-electron chi connectivity index (χ0n) is 18.5. The van der Waals surface area contributed by atoms with Gasteiger partial charge >= 0.3 is 0 Å². The van der Waals surface area contributed by atoms with Crippen molar-refractivity contribution in [1.82, 2.24) is 5.32 Å². The first-order chi connectivity index (χ1) is 16.2. The predicted molar refractivity (Wildman–Crippen MR) is 129 cm³/mol. The summed E-state index contributed by atoms with van der Waals surface area (Å²) in [6.45, 7) is 3.99. The van der Waals surface area contributed by atoms with Crippen LogP contribution in [0.4, 0.5) is 5.69 Å². The second-order valence-corrected chi connectivity index (χ2v) is 8.01. The quantitative estimate of drug-likeness (QED) is 0.467. The molecule has 7 heteroatoms. The van der Waals surface area contributed by atoms with E-state index in [1.165, 1.54) is 0 Å². The van der Waals surface area contributed by atoms with Crippen LogP contribution in [0.2, 0.25) is 5.02 Å². The van der Waals surface area contributed by atoms with Gasteiger partial charge in [-0.25, -0.2) is 0 Å². The van der Waals surface area contributed by atoms with E-state index in [0.29, 0.717) is 54.3 Å². The highest BCUT2D eigenvalue weighted by atomic mass is 35.5. The van der Waals surface area contributed by atoms with Gasteiger partial charge in [-0.15, -0.1) is 0 Å². The maximum absolute atomic E-state index is 13.3. The maximum Gasteiger partial charge on any atom is 0.246 e. The molecule has 0 fully saturated rings. The van der Waals surface area contributed by atoms with Gasteiger partial charge in [0.15, 0.2) is 11.5 Å². The number of ether oxygens (including phenoxy) is 3.